The van der Waals surface area contributed by atoms with Gasteiger partial charge in [0.15, 0.2) is 0 Å². The summed E-state index contributed by atoms with van der Waals surface area (Å²) in [4.78, 5) is 0. The van der Waals surface area contributed by atoms with Crippen LogP contribution in [0.2, 0.25) is 0 Å². The lowest BCUT2D eigenvalue weighted by Gasteiger charge is -2.21. The third-order valence-corrected chi connectivity index (χ3v) is 8.29. The Bertz CT molecular complexity index is 1960. The molecule has 2 aromatic heterocycles. The van der Waals surface area contributed by atoms with E-state index in [1.807, 2.05) is 0 Å². The fourth-order valence-corrected chi connectivity index (χ4v) is 6.49. The number of nitrogens with zero attached hydrogens (tertiary/aromatic N) is 2. The van der Waals surface area contributed by atoms with E-state index in [1.165, 1.54) is 60.4 Å². The van der Waals surface area contributed by atoms with Gasteiger partial charge in [0, 0.05) is 38.3 Å². The van der Waals surface area contributed by atoms with Gasteiger partial charge in [-0.25, -0.2) is 0 Å². The molecule has 0 fully saturated rings. The summed E-state index contributed by atoms with van der Waals surface area (Å²) in [7, 11) is 0. The first-order valence-corrected chi connectivity index (χ1v) is 13.8. The van der Waals surface area contributed by atoms with E-state index in [0.29, 0.717) is 6.04 Å². The Hall–Kier alpha value is -4.82. The topological polar surface area (TPSA) is 9.86 Å². The lowest BCUT2D eigenvalue weighted by atomic mass is 9.97. The molecule has 0 spiro atoms. The van der Waals surface area contributed by atoms with Crippen LogP contribution in [0.25, 0.3) is 49.3 Å². The Morgan fingerprint density at radius 3 is 1.54 bits per heavy atom. The minimum Gasteiger partial charge on any atom is -0.333 e. The average molecular weight is 501 g/mol. The van der Waals surface area contributed by atoms with E-state index >= 15 is 0 Å². The molecule has 0 aliphatic heterocycles. The third-order valence-electron chi connectivity index (χ3n) is 8.29. The summed E-state index contributed by atoms with van der Waals surface area (Å²) in [5.74, 6) is 0. The van der Waals surface area contributed by atoms with Gasteiger partial charge in [0.05, 0.1) is 17.1 Å². The zero-order chi connectivity index (χ0) is 25.8. The first-order chi connectivity index (χ1) is 19.3. The summed E-state index contributed by atoms with van der Waals surface area (Å²) in [6.07, 6.45) is 9.10. The van der Waals surface area contributed by atoms with Crippen molar-refractivity contribution < 1.29 is 0 Å². The fraction of sp³-hybridized carbons (Fsp3) is 0.0811. The van der Waals surface area contributed by atoms with Crippen molar-refractivity contribution >= 4 is 43.6 Å². The van der Waals surface area contributed by atoms with Crippen LogP contribution in [0.1, 0.15) is 18.0 Å². The van der Waals surface area contributed by atoms with Crippen molar-refractivity contribution in [3.8, 4) is 5.69 Å². The van der Waals surface area contributed by atoms with E-state index in [2.05, 4.69) is 149 Å². The highest BCUT2D eigenvalue weighted by atomic mass is 15.0. The van der Waals surface area contributed by atoms with Crippen LogP contribution < -0.4 is 0 Å². The quantitative estimate of drug-likeness (QED) is 0.228. The number of hydrogen-bond donors (Lipinski definition) is 0. The number of hydrogen-bond acceptors (Lipinski definition) is 0. The van der Waals surface area contributed by atoms with Crippen LogP contribution in [-0.2, 0) is 6.42 Å². The summed E-state index contributed by atoms with van der Waals surface area (Å²) < 4.78 is 4.89. The molecule has 8 rings (SSSR count). The molecule has 0 radical (unpaired) electrons. The second-order valence-electron chi connectivity index (χ2n) is 10.6. The highest BCUT2D eigenvalue weighted by Gasteiger charge is 2.18. The van der Waals surface area contributed by atoms with Crippen LogP contribution in [0.5, 0.6) is 0 Å². The molecule has 2 nitrogen and oxygen atoms in total. The Labute approximate surface area is 227 Å². The summed E-state index contributed by atoms with van der Waals surface area (Å²) in [6.45, 7) is 0. The molecule has 39 heavy (non-hydrogen) atoms. The molecule has 2 heterocycles. The van der Waals surface area contributed by atoms with Crippen LogP contribution >= 0.6 is 0 Å². The van der Waals surface area contributed by atoms with Crippen molar-refractivity contribution in [2.45, 2.75) is 18.9 Å². The van der Waals surface area contributed by atoms with Gasteiger partial charge in [0.2, 0.25) is 0 Å². The standard InChI is InChI=1S/C37H28N2/c1-5-13-34-30(9-1)31-10-2-6-14-35(31)38(34)28-21-17-26(18-22-28)25-27-19-23-29(24-20-27)39-36-15-7-3-11-32(36)33-12-4-8-16-37(33)39/h1-23,29H,24-25H2. The van der Waals surface area contributed by atoms with Crippen molar-refractivity contribution in [1.82, 2.24) is 9.13 Å². The summed E-state index contributed by atoms with van der Waals surface area (Å²) in [5, 5.41) is 5.26. The first-order valence-electron chi connectivity index (χ1n) is 13.8. The molecule has 1 atom stereocenters. The number of fused-ring (bicyclic) bond motifs is 6. The van der Waals surface area contributed by atoms with E-state index in [-0.39, 0.29) is 0 Å². The minimum atomic E-state index is 0.330. The average Bonchev–Trinajstić information content (AvgIpc) is 3.51. The Morgan fingerprint density at radius 2 is 1.03 bits per heavy atom. The van der Waals surface area contributed by atoms with Gasteiger partial charge in [0.1, 0.15) is 0 Å². The van der Waals surface area contributed by atoms with Gasteiger partial charge in [-0.2, -0.15) is 0 Å². The second kappa shape index (κ2) is 8.89. The van der Waals surface area contributed by atoms with Crippen LogP contribution in [0.4, 0.5) is 0 Å². The molecule has 7 aromatic rings. The molecule has 0 N–H and O–H groups in total. The van der Waals surface area contributed by atoms with Gasteiger partial charge < -0.3 is 9.13 Å². The Balaban J connectivity index is 1.07. The zero-order valence-corrected chi connectivity index (χ0v) is 21.7. The predicted molar refractivity (Wildman–Crippen MR) is 165 cm³/mol. The van der Waals surface area contributed by atoms with Crippen molar-refractivity contribution in [3.05, 3.63) is 151 Å². The smallest absolute Gasteiger partial charge is 0.0560 e. The molecule has 186 valence electrons. The van der Waals surface area contributed by atoms with Crippen LogP contribution in [0.15, 0.2) is 145 Å². The van der Waals surface area contributed by atoms with E-state index in [9.17, 15) is 0 Å². The molecule has 0 amide bonds. The molecule has 1 aliphatic rings. The monoisotopic (exact) mass is 500 g/mol. The molecular formula is C37H28N2. The number of benzene rings is 5. The van der Waals surface area contributed by atoms with E-state index in [4.69, 9.17) is 0 Å². The molecule has 2 heteroatoms. The van der Waals surface area contributed by atoms with Crippen LogP contribution in [0, 0.1) is 0 Å². The van der Waals surface area contributed by atoms with Crippen LogP contribution in [-0.4, -0.2) is 9.13 Å². The third kappa shape index (κ3) is 3.56. The number of aromatic nitrogens is 2. The highest BCUT2D eigenvalue weighted by molar-refractivity contribution is 6.09. The Kier molecular flexibility index (Phi) is 5.06. The molecule has 0 saturated carbocycles. The van der Waals surface area contributed by atoms with Crippen molar-refractivity contribution in [3.63, 3.8) is 0 Å². The van der Waals surface area contributed by atoms with Crippen molar-refractivity contribution in [2.75, 3.05) is 0 Å². The van der Waals surface area contributed by atoms with Crippen molar-refractivity contribution in [1.29, 1.82) is 0 Å². The lowest BCUT2D eigenvalue weighted by Crippen LogP contribution is -2.08. The molecule has 5 aromatic carbocycles. The second-order valence-corrected chi connectivity index (χ2v) is 10.6. The van der Waals surface area contributed by atoms with E-state index in [1.54, 1.807) is 0 Å². The summed E-state index contributed by atoms with van der Waals surface area (Å²) >= 11 is 0. The number of rotatable bonds is 4. The molecule has 1 unspecified atom stereocenters. The van der Waals surface area contributed by atoms with E-state index < -0.39 is 0 Å². The number of allylic oxidation sites excluding steroid dienone is 4. The maximum Gasteiger partial charge on any atom is 0.0560 e. The van der Waals surface area contributed by atoms with Gasteiger partial charge in [-0.05, 0) is 60.4 Å². The van der Waals surface area contributed by atoms with Gasteiger partial charge >= 0.3 is 0 Å². The van der Waals surface area contributed by atoms with Gasteiger partial charge in [-0.1, -0.05) is 103 Å². The summed E-state index contributed by atoms with van der Waals surface area (Å²) in [6, 6.07) is 44.4. The lowest BCUT2D eigenvalue weighted by molar-refractivity contribution is 0.643. The predicted octanol–water partition coefficient (Wildman–Crippen LogP) is 9.56. The summed E-state index contributed by atoms with van der Waals surface area (Å²) in [5.41, 5.74) is 9.05. The maximum absolute atomic E-state index is 2.51. The van der Waals surface area contributed by atoms with Gasteiger partial charge in [-0.3, -0.25) is 0 Å². The minimum absolute atomic E-state index is 0.330. The zero-order valence-electron chi connectivity index (χ0n) is 21.7. The largest absolute Gasteiger partial charge is 0.333 e. The van der Waals surface area contributed by atoms with E-state index in [0.717, 1.165) is 12.8 Å². The first kappa shape index (κ1) is 22.2. The molecule has 0 saturated heterocycles. The fourth-order valence-electron chi connectivity index (χ4n) is 6.49. The normalized spacial score (nSPS) is 15.5. The molecule has 0 bridgehead atoms. The van der Waals surface area contributed by atoms with Crippen LogP contribution in [0.3, 0.4) is 0 Å². The molecular weight excluding hydrogens is 472 g/mol. The number of para-hydroxylation sites is 4. The maximum atomic E-state index is 2.51. The SMILES string of the molecule is C1=CC(n2c3ccccc3c3ccccc32)CC=C1Cc1ccc(-n2c3ccccc3c3ccccc32)cc1. The van der Waals surface area contributed by atoms with Gasteiger partial charge in [0.25, 0.3) is 0 Å². The van der Waals surface area contributed by atoms with Crippen molar-refractivity contribution in [2.24, 2.45) is 0 Å². The highest BCUT2D eigenvalue weighted by Crippen LogP contribution is 2.36. The Morgan fingerprint density at radius 1 is 0.538 bits per heavy atom. The van der Waals surface area contributed by atoms with Gasteiger partial charge in [-0.15, -0.1) is 0 Å². The molecule has 1 aliphatic carbocycles.